The summed E-state index contributed by atoms with van der Waals surface area (Å²) in [6, 6.07) is 0. The van der Waals surface area contributed by atoms with Gasteiger partial charge in [0.25, 0.3) is 0 Å². The summed E-state index contributed by atoms with van der Waals surface area (Å²) in [6.07, 6.45) is 0. The van der Waals surface area contributed by atoms with Crippen LogP contribution in [-0.4, -0.2) is 50.8 Å². The molecular formula is C4H10Se2Te. The first-order valence-corrected chi connectivity index (χ1v) is 11.1. The van der Waals surface area contributed by atoms with E-state index in [1.807, 2.05) is 0 Å². The molecule has 0 aliphatic heterocycles. The van der Waals surface area contributed by atoms with Gasteiger partial charge < -0.3 is 0 Å². The second-order valence-electron chi connectivity index (χ2n) is 1.02. The minimum atomic E-state index is 0.532. The van der Waals surface area contributed by atoms with E-state index in [9.17, 15) is 0 Å². The molecule has 44 valence electrons. The summed E-state index contributed by atoms with van der Waals surface area (Å²) in [4.78, 5) is 0. The van der Waals surface area contributed by atoms with Crippen molar-refractivity contribution >= 4 is 50.8 Å². The Kier molecular flexibility index (Phi) is 9.87. The molecule has 0 amide bonds. The molecule has 0 fully saturated rings. The van der Waals surface area contributed by atoms with Gasteiger partial charge in [-0.3, -0.25) is 0 Å². The molecule has 0 unspecified atom stereocenters. The van der Waals surface area contributed by atoms with E-state index in [0.29, 0.717) is 20.9 Å². The summed E-state index contributed by atoms with van der Waals surface area (Å²) in [5, 5.41) is 0. The van der Waals surface area contributed by atoms with Crippen LogP contribution in [0.1, 0.15) is 0 Å². The summed E-state index contributed by atoms with van der Waals surface area (Å²) in [7, 11) is 0. The van der Waals surface area contributed by atoms with Gasteiger partial charge in [-0.2, -0.15) is 0 Å². The molecule has 7 heavy (non-hydrogen) atoms. The van der Waals surface area contributed by atoms with Gasteiger partial charge in [-0.1, -0.05) is 0 Å². The van der Waals surface area contributed by atoms with Gasteiger partial charge in [-0.15, -0.1) is 0 Å². The molecule has 0 nitrogen and oxygen atoms in total. The van der Waals surface area contributed by atoms with Gasteiger partial charge in [0.05, 0.1) is 0 Å². The molecule has 0 bridgehead atoms. The van der Waals surface area contributed by atoms with Gasteiger partial charge in [-0.05, 0) is 0 Å². The van der Waals surface area contributed by atoms with Crippen LogP contribution < -0.4 is 0 Å². The molecule has 0 aromatic carbocycles. The molecule has 0 saturated carbocycles. The maximum atomic E-state index is 2.35. The van der Waals surface area contributed by atoms with Crippen LogP contribution in [0.4, 0.5) is 0 Å². The van der Waals surface area contributed by atoms with Gasteiger partial charge in [0, 0.05) is 0 Å². The van der Waals surface area contributed by atoms with Gasteiger partial charge in [-0.25, -0.2) is 0 Å². The van der Waals surface area contributed by atoms with Crippen LogP contribution in [0.5, 0.6) is 0 Å². The fourth-order valence-electron chi connectivity index (χ4n) is 0.201. The summed E-state index contributed by atoms with van der Waals surface area (Å²) in [6.45, 7) is 0. The first-order chi connectivity index (χ1) is 3.41. The number of hydrogen-bond acceptors (Lipinski definition) is 0. The van der Waals surface area contributed by atoms with Crippen LogP contribution in [-0.2, 0) is 0 Å². The Morgan fingerprint density at radius 3 is 1.86 bits per heavy atom. The maximum absolute atomic E-state index is 2.35. The molecular weight excluding hydrogens is 334 g/mol. The molecule has 0 heterocycles. The zero-order valence-corrected chi connectivity index (χ0v) is 10.4. The van der Waals surface area contributed by atoms with Crippen molar-refractivity contribution in [2.24, 2.45) is 0 Å². The average Bonchev–Trinajstić information content (AvgIpc) is 1.69. The zero-order chi connectivity index (χ0) is 5.54. The summed E-state index contributed by atoms with van der Waals surface area (Å²) < 4.78 is 3.27. The molecule has 0 spiro atoms. The number of rotatable bonds is 4. The molecule has 0 aromatic heterocycles. The van der Waals surface area contributed by atoms with Crippen molar-refractivity contribution in [1.82, 2.24) is 0 Å². The van der Waals surface area contributed by atoms with E-state index >= 15 is 0 Å². The fraction of sp³-hybridized carbons (Fsp3) is 1.00. The van der Waals surface area contributed by atoms with Crippen molar-refractivity contribution < 1.29 is 0 Å². The predicted octanol–water partition coefficient (Wildman–Crippen LogP) is 0.947. The second kappa shape index (κ2) is 7.83. The molecule has 0 atom stereocenters. The van der Waals surface area contributed by atoms with E-state index in [1.165, 1.54) is 0 Å². The standard InChI is InChI=1S/C4H10Se2Te/c1-5-3-7-4-6-2/h3-4H2,1-2H3. The quantitative estimate of drug-likeness (QED) is 0.527. The van der Waals surface area contributed by atoms with Crippen molar-refractivity contribution in [1.29, 1.82) is 0 Å². The van der Waals surface area contributed by atoms with Crippen LogP contribution in [0.3, 0.4) is 0 Å². The van der Waals surface area contributed by atoms with Crippen molar-refractivity contribution in [2.45, 2.75) is 18.4 Å². The van der Waals surface area contributed by atoms with Crippen LogP contribution in [0.2, 0.25) is 18.4 Å². The minimum absolute atomic E-state index is 0.532. The van der Waals surface area contributed by atoms with Crippen molar-refractivity contribution in [2.75, 3.05) is 0 Å². The third-order valence-electron chi connectivity index (χ3n) is 0.402. The monoisotopic (exact) mass is 348 g/mol. The Labute approximate surface area is 68.6 Å². The summed E-state index contributed by atoms with van der Waals surface area (Å²) >= 11 is 2.52. The predicted molar refractivity (Wildman–Crippen MR) is 38.6 cm³/mol. The summed E-state index contributed by atoms with van der Waals surface area (Å²) in [5.41, 5.74) is 0. The SMILES string of the molecule is C[Se]C[Te]C[Se]C. The van der Waals surface area contributed by atoms with E-state index in [0.717, 1.165) is 29.9 Å². The first kappa shape index (κ1) is 8.83. The van der Waals surface area contributed by atoms with Gasteiger partial charge in [0.2, 0.25) is 0 Å². The molecule has 0 aliphatic carbocycles. The van der Waals surface area contributed by atoms with Crippen LogP contribution >= 0.6 is 0 Å². The Bertz CT molecular complexity index is 28.9. The molecule has 0 saturated heterocycles. The second-order valence-corrected chi connectivity index (χ2v) is 12.6. The van der Waals surface area contributed by atoms with Crippen LogP contribution in [0.25, 0.3) is 0 Å². The van der Waals surface area contributed by atoms with Gasteiger partial charge >= 0.3 is 69.2 Å². The average molecular weight is 344 g/mol. The van der Waals surface area contributed by atoms with Crippen LogP contribution in [0.15, 0.2) is 0 Å². The Morgan fingerprint density at radius 1 is 1.14 bits per heavy atom. The fourth-order valence-corrected chi connectivity index (χ4v) is 12.0. The molecule has 0 radical (unpaired) electrons. The van der Waals surface area contributed by atoms with Gasteiger partial charge in [0.15, 0.2) is 0 Å². The first-order valence-electron chi connectivity index (χ1n) is 1.97. The molecule has 0 aliphatic rings. The summed E-state index contributed by atoms with van der Waals surface area (Å²) in [5.74, 6) is 4.70. The number of hydrogen-bond donors (Lipinski definition) is 0. The Hall–Kier alpha value is 1.83. The van der Waals surface area contributed by atoms with Crippen LogP contribution in [0, 0.1) is 0 Å². The van der Waals surface area contributed by atoms with E-state index in [1.54, 1.807) is 6.73 Å². The van der Waals surface area contributed by atoms with E-state index in [4.69, 9.17) is 0 Å². The van der Waals surface area contributed by atoms with Crippen molar-refractivity contribution in [3.8, 4) is 0 Å². The zero-order valence-electron chi connectivity index (χ0n) is 4.64. The molecule has 0 N–H and O–H groups in total. The van der Waals surface area contributed by atoms with Crippen molar-refractivity contribution in [3.05, 3.63) is 0 Å². The molecule has 0 aromatic rings. The topological polar surface area (TPSA) is 0 Å². The van der Waals surface area contributed by atoms with Crippen molar-refractivity contribution in [3.63, 3.8) is 0 Å². The third kappa shape index (κ3) is 7.83. The molecule has 3 heteroatoms. The Morgan fingerprint density at radius 2 is 1.57 bits per heavy atom. The third-order valence-corrected chi connectivity index (χ3v) is 14.0. The Balaban J connectivity index is 2.45. The van der Waals surface area contributed by atoms with Gasteiger partial charge in [0.1, 0.15) is 0 Å². The van der Waals surface area contributed by atoms with E-state index in [2.05, 4.69) is 11.6 Å². The molecule has 0 rings (SSSR count). The normalized spacial score (nSPS) is 9.43. The van der Waals surface area contributed by atoms with E-state index < -0.39 is 0 Å². The van der Waals surface area contributed by atoms with E-state index in [-0.39, 0.29) is 0 Å².